The predicted molar refractivity (Wildman–Crippen MR) is 194 cm³/mol. The number of halogens is 2. The van der Waals surface area contributed by atoms with Crippen LogP contribution in [-0.4, -0.2) is 30.2 Å². The van der Waals surface area contributed by atoms with E-state index in [2.05, 4.69) is 67.9 Å². The summed E-state index contributed by atoms with van der Waals surface area (Å²) in [4.78, 5) is 16.5. The molecule has 7 heteroatoms. The molecule has 0 aliphatic rings. The van der Waals surface area contributed by atoms with Gasteiger partial charge in [-0.25, -0.2) is 0 Å². The minimum atomic E-state index is -0.237. The first-order chi connectivity index (χ1) is 21.5. The summed E-state index contributed by atoms with van der Waals surface area (Å²) in [5.41, 5.74) is 5.46. The maximum absolute atomic E-state index is 12.8. The van der Waals surface area contributed by atoms with E-state index in [0.717, 1.165) is 47.3 Å². The van der Waals surface area contributed by atoms with E-state index < -0.39 is 0 Å². The van der Waals surface area contributed by atoms with Crippen molar-refractivity contribution in [2.24, 2.45) is 0 Å². The molecule has 0 bridgehead atoms. The fourth-order valence-electron chi connectivity index (χ4n) is 5.42. The fraction of sp³-hybridized carbons (Fsp3) is 0.132. The van der Waals surface area contributed by atoms with Crippen molar-refractivity contribution >= 4 is 70.7 Å². The van der Waals surface area contributed by atoms with Crippen molar-refractivity contribution in [3.05, 3.63) is 140 Å². The van der Waals surface area contributed by atoms with Crippen molar-refractivity contribution in [3.8, 4) is 11.5 Å². The topological polar surface area (TPSA) is 64.0 Å². The van der Waals surface area contributed by atoms with Crippen LogP contribution >= 0.6 is 31.9 Å². The Bertz CT molecular complexity index is 2030. The zero-order valence-corrected chi connectivity index (χ0v) is 28.7. The molecule has 0 spiro atoms. The number of phenols is 2. The van der Waals surface area contributed by atoms with Gasteiger partial charge in [-0.2, -0.15) is 0 Å². The predicted octanol–water partition coefficient (Wildman–Crippen LogP) is 10.1. The second kappa shape index (κ2) is 13.8. The Morgan fingerprint density at radius 3 is 1.71 bits per heavy atom. The first-order valence-electron chi connectivity index (χ1n) is 14.5. The van der Waals surface area contributed by atoms with Crippen LogP contribution in [-0.2, 0) is 6.54 Å². The van der Waals surface area contributed by atoms with Gasteiger partial charge in [-0.15, -0.1) is 0 Å². The number of aryl methyl sites for hydroxylation is 2. The van der Waals surface area contributed by atoms with Gasteiger partial charge in [-0.05, 0) is 107 Å². The molecule has 0 heterocycles. The van der Waals surface area contributed by atoms with Gasteiger partial charge in [0.05, 0.1) is 5.56 Å². The monoisotopic (exact) mass is 724 g/mol. The number of phenolic OH excluding ortho intramolecular Hbond substituents is 2. The third kappa shape index (κ3) is 7.32. The molecule has 1 amide bonds. The molecule has 0 aliphatic heterocycles. The largest absolute Gasteiger partial charge is 0.508 e. The molecule has 6 rings (SSSR count). The summed E-state index contributed by atoms with van der Waals surface area (Å²) in [5, 5.41) is 24.5. The van der Waals surface area contributed by atoms with E-state index in [0.29, 0.717) is 17.9 Å². The number of fused-ring (bicyclic) bond motifs is 2. The van der Waals surface area contributed by atoms with Crippen molar-refractivity contribution in [2.45, 2.75) is 20.4 Å². The second-order valence-electron chi connectivity index (χ2n) is 11.1. The van der Waals surface area contributed by atoms with Crippen LogP contribution in [0.1, 0.15) is 27.0 Å². The van der Waals surface area contributed by atoms with E-state index in [1.165, 1.54) is 11.3 Å². The molecule has 0 aromatic heterocycles. The van der Waals surface area contributed by atoms with Gasteiger partial charge < -0.3 is 20.0 Å². The fourth-order valence-corrected chi connectivity index (χ4v) is 6.18. The van der Waals surface area contributed by atoms with E-state index in [1.807, 2.05) is 86.8 Å². The molecule has 0 saturated carbocycles. The van der Waals surface area contributed by atoms with Gasteiger partial charge in [0, 0.05) is 46.5 Å². The molecule has 228 valence electrons. The molecule has 0 saturated heterocycles. The maximum atomic E-state index is 12.8. The van der Waals surface area contributed by atoms with Crippen LogP contribution in [0.4, 0.5) is 11.4 Å². The molecular weight excluding hydrogens is 692 g/mol. The summed E-state index contributed by atoms with van der Waals surface area (Å²) in [7, 11) is 3.77. The lowest BCUT2D eigenvalue weighted by molar-refractivity contribution is 0.0990. The SMILES string of the molecule is Cc1ccccc1N(C)C(=O)c1cc2cc(Br)ccc2cc1O.Cc1ccccc1N(C)Cc1cc2cc(Br)ccc2cc1O. The number of nitrogens with zero attached hydrogens (tertiary/aromatic N) is 2. The van der Waals surface area contributed by atoms with Crippen molar-refractivity contribution in [3.63, 3.8) is 0 Å². The number of hydrogen-bond acceptors (Lipinski definition) is 4. The maximum Gasteiger partial charge on any atom is 0.261 e. The smallest absolute Gasteiger partial charge is 0.261 e. The number of rotatable bonds is 5. The Hall–Kier alpha value is -4.33. The Morgan fingerprint density at radius 2 is 1.13 bits per heavy atom. The highest BCUT2D eigenvalue weighted by molar-refractivity contribution is 9.10. The van der Waals surface area contributed by atoms with Crippen LogP contribution in [0.3, 0.4) is 0 Å². The van der Waals surface area contributed by atoms with Crippen molar-refractivity contribution in [2.75, 3.05) is 23.9 Å². The molecule has 5 nitrogen and oxygen atoms in total. The third-order valence-electron chi connectivity index (χ3n) is 7.86. The van der Waals surface area contributed by atoms with Crippen LogP contribution < -0.4 is 9.80 Å². The lowest BCUT2D eigenvalue weighted by Gasteiger charge is -2.22. The quantitative estimate of drug-likeness (QED) is 0.186. The summed E-state index contributed by atoms with van der Waals surface area (Å²) in [6.07, 6.45) is 0. The van der Waals surface area contributed by atoms with Gasteiger partial charge in [0.25, 0.3) is 5.91 Å². The van der Waals surface area contributed by atoms with E-state index in [-0.39, 0.29) is 11.7 Å². The van der Waals surface area contributed by atoms with Crippen molar-refractivity contribution < 1.29 is 15.0 Å². The molecule has 2 N–H and O–H groups in total. The third-order valence-corrected chi connectivity index (χ3v) is 8.85. The molecule has 0 atom stereocenters. The standard InChI is InChI=1S/C19H16BrNO2.C19H18BrNO/c1-12-5-3-4-6-17(12)21(2)19(23)16-10-14-9-15(20)8-7-13(14)11-18(16)22;1-13-5-3-4-6-18(13)21(2)12-16-9-15-10-17(20)8-7-14(15)11-19(16)22/h3-11,22H,1-2H3;3-11,22H,12H2,1-2H3. The number of anilines is 2. The second-order valence-corrected chi connectivity index (χ2v) is 13.0. The Morgan fingerprint density at radius 1 is 0.622 bits per heavy atom. The highest BCUT2D eigenvalue weighted by atomic mass is 79.9. The number of para-hydroxylation sites is 2. The number of benzene rings is 6. The number of carbonyl (C=O) groups excluding carboxylic acids is 1. The minimum Gasteiger partial charge on any atom is -0.508 e. The zero-order valence-electron chi connectivity index (χ0n) is 25.6. The van der Waals surface area contributed by atoms with Crippen LogP contribution in [0.5, 0.6) is 11.5 Å². The molecule has 6 aromatic carbocycles. The van der Waals surface area contributed by atoms with E-state index in [9.17, 15) is 15.0 Å². The average Bonchev–Trinajstić information content (AvgIpc) is 3.01. The minimum absolute atomic E-state index is 0.00902. The van der Waals surface area contributed by atoms with Gasteiger partial charge in [0.15, 0.2) is 0 Å². The molecule has 0 aliphatic carbocycles. The van der Waals surface area contributed by atoms with Crippen LogP contribution in [0.15, 0.2) is 118 Å². The lowest BCUT2D eigenvalue weighted by atomic mass is 10.0. The molecule has 0 unspecified atom stereocenters. The van der Waals surface area contributed by atoms with E-state index in [1.54, 1.807) is 24.1 Å². The summed E-state index contributed by atoms with van der Waals surface area (Å²) < 4.78 is 1.98. The van der Waals surface area contributed by atoms with E-state index in [4.69, 9.17) is 0 Å². The highest BCUT2D eigenvalue weighted by Crippen LogP contribution is 2.31. The van der Waals surface area contributed by atoms with Crippen LogP contribution in [0.2, 0.25) is 0 Å². The summed E-state index contributed by atoms with van der Waals surface area (Å²) >= 11 is 6.93. The Labute approximate surface area is 280 Å². The van der Waals surface area contributed by atoms with Gasteiger partial charge in [-0.3, -0.25) is 4.79 Å². The summed E-state index contributed by atoms with van der Waals surface area (Å²) in [6.45, 7) is 4.72. The molecule has 0 fully saturated rings. The number of carbonyl (C=O) groups is 1. The molecule has 6 aromatic rings. The number of hydrogen-bond donors (Lipinski definition) is 2. The molecule has 0 radical (unpaired) electrons. The van der Waals surface area contributed by atoms with Gasteiger partial charge in [-0.1, -0.05) is 80.4 Å². The normalized spacial score (nSPS) is 10.8. The van der Waals surface area contributed by atoms with Gasteiger partial charge >= 0.3 is 0 Å². The van der Waals surface area contributed by atoms with Crippen LogP contribution in [0.25, 0.3) is 21.5 Å². The highest BCUT2D eigenvalue weighted by Gasteiger charge is 2.19. The number of amides is 1. The first kappa shape index (κ1) is 32.1. The Balaban J connectivity index is 0.000000178. The van der Waals surface area contributed by atoms with Crippen LogP contribution in [0, 0.1) is 13.8 Å². The lowest BCUT2D eigenvalue weighted by Crippen LogP contribution is -2.26. The van der Waals surface area contributed by atoms with Crippen molar-refractivity contribution in [1.29, 1.82) is 0 Å². The number of aromatic hydroxyl groups is 2. The zero-order chi connectivity index (χ0) is 32.2. The average molecular weight is 727 g/mol. The van der Waals surface area contributed by atoms with Crippen molar-refractivity contribution in [1.82, 2.24) is 0 Å². The van der Waals surface area contributed by atoms with Gasteiger partial charge in [0.2, 0.25) is 0 Å². The summed E-state index contributed by atoms with van der Waals surface area (Å²) in [5.74, 6) is 0.0965. The molecular formula is C38H34Br2N2O3. The summed E-state index contributed by atoms with van der Waals surface area (Å²) in [6, 6.07) is 35.0. The molecule has 45 heavy (non-hydrogen) atoms. The van der Waals surface area contributed by atoms with E-state index >= 15 is 0 Å². The Kier molecular flexibility index (Phi) is 9.80. The first-order valence-corrected chi connectivity index (χ1v) is 16.0. The van der Waals surface area contributed by atoms with Gasteiger partial charge in [0.1, 0.15) is 11.5 Å².